The van der Waals surface area contributed by atoms with Crippen molar-refractivity contribution in [3.63, 3.8) is 0 Å². The van der Waals surface area contributed by atoms with E-state index in [2.05, 4.69) is 32.6 Å². The second-order valence-electron chi connectivity index (χ2n) is 12.8. The molecule has 0 fully saturated rings. The highest BCUT2D eigenvalue weighted by Crippen LogP contribution is 2.46. The van der Waals surface area contributed by atoms with E-state index in [4.69, 9.17) is 9.05 Å². The molecule has 0 saturated heterocycles. The average Bonchev–Trinajstić information content (AvgIpc) is 2.97. The minimum atomic E-state index is -4.07. The molecule has 6 heteroatoms. The summed E-state index contributed by atoms with van der Waals surface area (Å²) >= 11 is 0. The molecule has 0 aliphatic carbocycles. The van der Waals surface area contributed by atoms with Gasteiger partial charge in [0.25, 0.3) is 0 Å². The average molecular weight is 618 g/mol. The largest absolute Gasteiger partial charge is 0.473 e. The Morgan fingerprint density at radius 3 is 1.19 bits per heavy atom. The quantitative estimate of drug-likeness (QED) is 0.0435. The molecule has 2 unspecified atom stereocenters. The highest BCUT2D eigenvalue weighted by molar-refractivity contribution is 7.47. The molecule has 0 aromatic carbocycles. The third-order valence-electron chi connectivity index (χ3n) is 8.55. The lowest BCUT2D eigenvalue weighted by Gasteiger charge is -2.32. The first-order chi connectivity index (χ1) is 20.5. The van der Waals surface area contributed by atoms with Crippen LogP contribution >= 0.6 is 7.82 Å². The van der Waals surface area contributed by atoms with Gasteiger partial charge in [0.15, 0.2) is 0 Å². The van der Waals surface area contributed by atoms with Crippen LogP contribution in [0.3, 0.4) is 0 Å². The molecule has 0 saturated carbocycles. The molecular formula is C36H76NO4P. The highest BCUT2D eigenvalue weighted by atomic mass is 31.2. The molecule has 0 rings (SSSR count). The Kier molecular flexibility index (Phi) is 32.5. The molecule has 5 nitrogen and oxygen atoms in total. The Hall–Kier alpha value is 0.0700. The monoisotopic (exact) mass is 618 g/mol. The lowest BCUT2D eigenvalue weighted by Crippen LogP contribution is -2.38. The first-order valence-electron chi connectivity index (χ1n) is 18.9. The topological polar surface area (TPSA) is 59.0 Å². The van der Waals surface area contributed by atoms with E-state index in [1.807, 2.05) is 0 Å². The Morgan fingerprint density at radius 1 is 0.500 bits per heavy atom. The van der Waals surface area contributed by atoms with Gasteiger partial charge in [-0.3, -0.25) is 13.9 Å². The van der Waals surface area contributed by atoms with E-state index in [-0.39, 0.29) is 6.23 Å². The van der Waals surface area contributed by atoms with Crippen molar-refractivity contribution in [2.45, 2.75) is 214 Å². The number of hydrogen-bond acceptors (Lipinski definition) is 4. The molecule has 0 aliphatic heterocycles. The van der Waals surface area contributed by atoms with Crippen molar-refractivity contribution in [1.29, 1.82) is 0 Å². The smallest absolute Gasteiger partial charge is 0.302 e. The summed E-state index contributed by atoms with van der Waals surface area (Å²) in [6, 6.07) is 0. The second kappa shape index (κ2) is 32.5. The summed E-state index contributed by atoms with van der Waals surface area (Å²) < 4.78 is 24.3. The molecule has 0 radical (unpaired) electrons. The van der Waals surface area contributed by atoms with Gasteiger partial charge in [0.1, 0.15) is 6.23 Å². The molecule has 0 spiro atoms. The van der Waals surface area contributed by atoms with Crippen molar-refractivity contribution in [3.05, 3.63) is 0 Å². The van der Waals surface area contributed by atoms with Crippen molar-refractivity contribution in [1.82, 2.24) is 4.90 Å². The van der Waals surface area contributed by atoms with E-state index >= 15 is 0 Å². The number of nitrogens with zero attached hydrogens (tertiary/aromatic N) is 1. The molecule has 0 aromatic heterocycles. The third kappa shape index (κ3) is 28.8. The summed E-state index contributed by atoms with van der Waals surface area (Å²) in [5.41, 5.74) is 0. The number of hydrogen-bond donors (Lipinski definition) is 1. The zero-order valence-corrected chi connectivity index (χ0v) is 30.0. The lowest BCUT2D eigenvalue weighted by molar-refractivity contribution is -0.0124. The van der Waals surface area contributed by atoms with Crippen LogP contribution in [-0.2, 0) is 13.6 Å². The number of phosphoric ester groups is 1. The van der Waals surface area contributed by atoms with Crippen LogP contribution in [0.25, 0.3) is 0 Å². The van der Waals surface area contributed by atoms with E-state index in [1.54, 1.807) is 0 Å². The van der Waals surface area contributed by atoms with Crippen LogP contribution < -0.4 is 0 Å². The van der Waals surface area contributed by atoms with Gasteiger partial charge in [-0.25, -0.2) is 4.57 Å². The molecule has 0 amide bonds. The minimum Gasteiger partial charge on any atom is -0.302 e. The summed E-state index contributed by atoms with van der Waals surface area (Å²) in [6.07, 6.45) is 34.3. The first kappa shape index (κ1) is 42.1. The van der Waals surface area contributed by atoms with Crippen LogP contribution in [0.2, 0.25) is 0 Å². The van der Waals surface area contributed by atoms with Gasteiger partial charge in [0.05, 0.1) is 6.61 Å². The molecule has 0 bridgehead atoms. The first-order valence-corrected chi connectivity index (χ1v) is 20.4. The van der Waals surface area contributed by atoms with E-state index < -0.39 is 7.82 Å². The number of unbranched alkanes of at least 4 members (excludes halogenated alkanes) is 23. The SMILES string of the molecule is CCCCCCCCCCCCOP(=O)(O)OC(CCC)N(CCCCCCCCCC)CCCCCCCCCC. The van der Waals surface area contributed by atoms with Gasteiger partial charge >= 0.3 is 7.82 Å². The maximum Gasteiger partial charge on any atom is 0.473 e. The fourth-order valence-electron chi connectivity index (χ4n) is 5.80. The molecule has 0 heterocycles. The number of rotatable bonds is 35. The Labute approximate surface area is 264 Å². The standard InChI is InChI=1S/C36H76NO4P/c1-5-9-12-15-18-21-22-25-28-31-35-40-42(38,39)41-36(32-8-4)37(33-29-26-23-19-16-13-10-6-2)34-30-27-24-20-17-14-11-7-3/h36H,5-35H2,1-4H3,(H,38,39). The van der Waals surface area contributed by atoms with E-state index in [0.717, 1.165) is 51.6 Å². The predicted octanol–water partition coefficient (Wildman–Crippen LogP) is 12.8. The minimum absolute atomic E-state index is 0.305. The molecule has 0 aliphatic rings. The Bertz CT molecular complexity index is 557. The van der Waals surface area contributed by atoms with Crippen LogP contribution in [0.5, 0.6) is 0 Å². The van der Waals surface area contributed by atoms with Gasteiger partial charge in [-0.1, -0.05) is 182 Å². The summed E-state index contributed by atoms with van der Waals surface area (Å²) in [5, 5.41) is 0. The van der Waals surface area contributed by atoms with Gasteiger partial charge in [-0.2, -0.15) is 0 Å². The van der Waals surface area contributed by atoms with Crippen LogP contribution in [-0.4, -0.2) is 35.7 Å². The summed E-state index contributed by atoms with van der Waals surface area (Å²) in [4.78, 5) is 13.0. The summed E-state index contributed by atoms with van der Waals surface area (Å²) in [7, 11) is -4.07. The van der Waals surface area contributed by atoms with Gasteiger partial charge < -0.3 is 4.89 Å². The number of phosphoric acid groups is 1. The third-order valence-corrected chi connectivity index (χ3v) is 9.57. The molecule has 2 atom stereocenters. The van der Waals surface area contributed by atoms with Crippen LogP contribution in [0.1, 0.15) is 207 Å². The fraction of sp³-hybridized carbons (Fsp3) is 1.00. The normalized spacial score (nSPS) is 14.0. The predicted molar refractivity (Wildman–Crippen MR) is 184 cm³/mol. The Morgan fingerprint density at radius 2 is 0.833 bits per heavy atom. The van der Waals surface area contributed by atoms with Crippen molar-refractivity contribution in [2.24, 2.45) is 0 Å². The van der Waals surface area contributed by atoms with Crippen molar-refractivity contribution >= 4 is 7.82 Å². The maximum absolute atomic E-state index is 13.0. The second-order valence-corrected chi connectivity index (χ2v) is 14.2. The summed E-state index contributed by atoms with van der Waals surface area (Å²) in [6.45, 7) is 11.1. The van der Waals surface area contributed by atoms with Crippen molar-refractivity contribution in [3.8, 4) is 0 Å². The molecule has 0 aromatic rings. The van der Waals surface area contributed by atoms with E-state index in [0.29, 0.717) is 6.61 Å². The van der Waals surface area contributed by atoms with Crippen molar-refractivity contribution < 1.29 is 18.5 Å². The van der Waals surface area contributed by atoms with E-state index in [1.165, 1.54) is 141 Å². The molecule has 1 N–H and O–H groups in total. The highest BCUT2D eigenvalue weighted by Gasteiger charge is 2.29. The van der Waals surface area contributed by atoms with Gasteiger partial charge in [-0.05, 0) is 25.7 Å². The van der Waals surface area contributed by atoms with Gasteiger partial charge in [0, 0.05) is 13.1 Å². The zero-order chi connectivity index (χ0) is 31.0. The lowest BCUT2D eigenvalue weighted by atomic mass is 10.1. The molecular weight excluding hydrogens is 541 g/mol. The maximum atomic E-state index is 13.0. The van der Waals surface area contributed by atoms with Crippen LogP contribution in [0, 0.1) is 0 Å². The van der Waals surface area contributed by atoms with Gasteiger partial charge in [-0.15, -0.1) is 0 Å². The van der Waals surface area contributed by atoms with Gasteiger partial charge in [0.2, 0.25) is 0 Å². The van der Waals surface area contributed by atoms with Crippen LogP contribution in [0.4, 0.5) is 0 Å². The summed E-state index contributed by atoms with van der Waals surface area (Å²) in [5.74, 6) is 0. The zero-order valence-electron chi connectivity index (χ0n) is 29.1. The van der Waals surface area contributed by atoms with Crippen LogP contribution in [0.15, 0.2) is 0 Å². The van der Waals surface area contributed by atoms with E-state index in [9.17, 15) is 9.46 Å². The molecule has 42 heavy (non-hydrogen) atoms. The Balaban J connectivity index is 4.58. The molecule has 254 valence electrons. The van der Waals surface area contributed by atoms with Crippen molar-refractivity contribution in [2.75, 3.05) is 19.7 Å². The fourth-order valence-corrected chi connectivity index (χ4v) is 6.77.